The molecule has 0 radical (unpaired) electrons. The Morgan fingerprint density at radius 2 is 1.32 bits per heavy atom. The molecule has 1 fully saturated rings. The van der Waals surface area contributed by atoms with Gasteiger partial charge in [-0.25, -0.2) is 9.59 Å². The van der Waals surface area contributed by atoms with E-state index in [2.05, 4.69) is 78.3 Å². The number of ether oxygens (including phenoxy) is 2. The fourth-order valence-corrected chi connectivity index (χ4v) is 7.64. The molecule has 1 saturated heterocycles. The van der Waals surface area contributed by atoms with Gasteiger partial charge in [-0.15, -0.1) is 0 Å². The Labute approximate surface area is 279 Å². The second kappa shape index (κ2) is 16.2. The van der Waals surface area contributed by atoms with E-state index in [1.807, 2.05) is 78.9 Å². The van der Waals surface area contributed by atoms with Crippen LogP contribution >= 0.6 is 0 Å². The van der Waals surface area contributed by atoms with Crippen molar-refractivity contribution in [1.29, 1.82) is 0 Å². The van der Waals surface area contributed by atoms with Gasteiger partial charge in [0.05, 0.1) is 12.0 Å². The minimum Gasteiger partial charge on any atom is -0.444 e. The number of benzene rings is 3. The lowest BCUT2D eigenvalue weighted by Gasteiger charge is -2.58. The van der Waals surface area contributed by atoms with Gasteiger partial charge in [-0.05, 0) is 34.6 Å². The third kappa shape index (κ3) is 9.89. The van der Waals surface area contributed by atoms with Gasteiger partial charge in [0.25, 0.3) is 0 Å². The van der Waals surface area contributed by atoms with Crippen LogP contribution in [-0.4, -0.2) is 49.4 Å². The van der Waals surface area contributed by atoms with Gasteiger partial charge in [0.1, 0.15) is 13.2 Å². The Balaban J connectivity index is 1.41. The second-order valence-corrected chi connectivity index (χ2v) is 18.2. The van der Waals surface area contributed by atoms with E-state index in [0.717, 1.165) is 16.7 Å². The summed E-state index contributed by atoms with van der Waals surface area (Å²) in [5.74, 6) is -0.0754. The van der Waals surface area contributed by atoms with Crippen LogP contribution in [0.1, 0.15) is 50.3 Å². The van der Waals surface area contributed by atoms with E-state index >= 15 is 0 Å². The third-order valence-corrected chi connectivity index (χ3v) is 14.2. The molecule has 248 valence electrons. The fourth-order valence-electron chi connectivity index (χ4n) is 5.19. The number of carbonyl (C=O) groups excluding carboxylic acids is 3. The second-order valence-electron chi connectivity index (χ2n) is 13.1. The largest absolute Gasteiger partial charge is 0.444 e. The lowest BCUT2D eigenvalue weighted by Crippen LogP contribution is -2.72. The first-order valence-corrected chi connectivity index (χ1v) is 19.0. The monoisotopic (exact) mass is 654 g/mol. The average Bonchev–Trinajstić information content (AvgIpc) is 3.05. The molecule has 3 amide bonds. The van der Waals surface area contributed by atoms with E-state index in [1.165, 1.54) is 0 Å². The average molecular weight is 655 g/mol. The predicted molar refractivity (Wildman–Crippen MR) is 188 cm³/mol. The molecule has 3 aromatic carbocycles. The topological polar surface area (TPSA) is 109 Å². The van der Waals surface area contributed by atoms with Gasteiger partial charge >= 0.3 is 12.2 Å². The van der Waals surface area contributed by atoms with Crippen LogP contribution in [0.15, 0.2) is 102 Å². The fraction of sp³-hybridized carbons (Fsp3) is 0.351. The highest BCUT2D eigenvalue weighted by Gasteiger charge is 2.55. The zero-order valence-electron chi connectivity index (χ0n) is 27.9. The maximum Gasteiger partial charge on any atom is 0.414 e. The number of alkyl carbamates (subject to hydrolysis) is 2. The van der Waals surface area contributed by atoms with E-state index in [1.54, 1.807) is 0 Å². The Bertz CT molecular complexity index is 1480. The molecule has 2 N–H and O–H groups in total. The Morgan fingerprint density at radius 3 is 1.81 bits per heavy atom. The van der Waals surface area contributed by atoms with Gasteiger partial charge in [0.2, 0.25) is 11.9 Å². The summed E-state index contributed by atoms with van der Waals surface area (Å²) in [5, 5.41) is 5.06. The number of aliphatic imine (C=N–C) groups is 1. The summed E-state index contributed by atoms with van der Waals surface area (Å²) < 4.78 is 12.8. The molecule has 47 heavy (non-hydrogen) atoms. The Hall–Kier alpha value is -4.70. The van der Waals surface area contributed by atoms with E-state index in [-0.39, 0.29) is 48.6 Å². The minimum absolute atomic E-state index is 0.00718. The number of amides is 3. The van der Waals surface area contributed by atoms with E-state index in [9.17, 15) is 14.4 Å². The summed E-state index contributed by atoms with van der Waals surface area (Å²) in [7, 11) is -2.11. The zero-order valence-corrected chi connectivity index (χ0v) is 28.9. The first-order valence-electron chi connectivity index (χ1n) is 16.0. The first kappa shape index (κ1) is 35.2. The van der Waals surface area contributed by atoms with Gasteiger partial charge in [-0.1, -0.05) is 137 Å². The first-order chi connectivity index (χ1) is 22.5. The highest BCUT2D eigenvalue weighted by molar-refractivity contribution is 6.80. The summed E-state index contributed by atoms with van der Waals surface area (Å²) in [5.41, 5.74) is 2.73. The lowest BCUT2D eigenvalue weighted by atomic mass is 9.85. The molecule has 9 nitrogen and oxygen atoms in total. The number of guanidine groups is 1. The summed E-state index contributed by atoms with van der Waals surface area (Å²) in [6.07, 6.45) is 3.91. The van der Waals surface area contributed by atoms with Crippen molar-refractivity contribution >= 4 is 38.4 Å². The molecule has 0 aromatic heterocycles. The van der Waals surface area contributed by atoms with Crippen molar-refractivity contribution in [2.75, 3.05) is 6.54 Å². The number of hydrogen-bond donors (Lipinski definition) is 2. The van der Waals surface area contributed by atoms with Crippen molar-refractivity contribution in [1.82, 2.24) is 15.2 Å². The molecule has 0 saturated carbocycles. The predicted octanol–water partition coefficient (Wildman–Crippen LogP) is 7.52. The maximum absolute atomic E-state index is 13.6. The molecule has 2 atom stereocenters. The van der Waals surface area contributed by atoms with Crippen LogP contribution in [0.25, 0.3) is 6.08 Å². The Kier molecular flexibility index (Phi) is 12.1. The van der Waals surface area contributed by atoms with Gasteiger partial charge < -0.3 is 14.0 Å². The molecule has 10 heteroatoms. The molecular weight excluding hydrogens is 609 g/mol. The van der Waals surface area contributed by atoms with Crippen molar-refractivity contribution in [2.45, 2.75) is 71.0 Å². The van der Waals surface area contributed by atoms with E-state index < -0.39 is 20.4 Å². The molecule has 3 aromatic rings. The minimum atomic E-state index is -2.11. The number of nitrogens with zero attached hydrogens (tertiary/aromatic N) is 2. The van der Waals surface area contributed by atoms with Crippen molar-refractivity contribution in [3.05, 3.63) is 114 Å². The highest BCUT2D eigenvalue weighted by Crippen LogP contribution is 2.46. The number of β-lactam (4-membered cyclic amide) rings is 1. The van der Waals surface area contributed by atoms with E-state index in [0.29, 0.717) is 12.8 Å². The summed E-state index contributed by atoms with van der Waals surface area (Å²) in [6.45, 7) is 11.5. The molecule has 0 spiro atoms. The van der Waals surface area contributed by atoms with Crippen LogP contribution in [0.4, 0.5) is 9.59 Å². The molecule has 1 aliphatic heterocycles. The lowest BCUT2D eigenvalue weighted by molar-refractivity contribution is -0.145. The standard InChI is InChI=1S/C37H46N4O5Si/c1-37(2,3)47(4,5)41-32(24-23-28-16-9-6-10-17-28)31(33(41)42)22-15-25-38-34(39-35(43)45-26-29-18-11-7-12-19-29)40-36(44)46-27-30-20-13-8-14-21-30/h6-14,16-21,23-24,31-32H,15,22,25-27H2,1-5H3,(H2,38,39,40,43,44)/t31-,32-/m1/s1. The molecule has 1 heterocycles. The smallest absolute Gasteiger partial charge is 0.414 e. The van der Waals surface area contributed by atoms with Crippen molar-refractivity contribution in [3.8, 4) is 0 Å². The van der Waals surface area contributed by atoms with Crippen LogP contribution in [0.2, 0.25) is 18.1 Å². The van der Waals surface area contributed by atoms with Gasteiger partial charge in [0.15, 0.2) is 8.24 Å². The molecule has 0 aliphatic carbocycles. The molecule has 4 rings (SSSR count). The van der Waals surface area contributed by atoms with Crippen LogP contribution < -0.4 is 10.6 Å². The van der Waals surface area contributed by atoms with Crippen molar-refractivity contribution < 1.29 is 23.9 Å². The molecule has 0 unspecified atom stereocenters. The number of carbonyl (C=O) groups is 3. The van der Waals surface area contributed by atoms with E-state index in [4.69, 9.17) is 9.47 Å². The van der Waals surface area contributed by atoms with Gasteiger partial charge in [0, 0.05) is 6.54 Å². The van der Waals surface area contributed by atoms with Crippen LogP contribution in [0.3, 0.4) is 0 Å². The number of rotatable bonds is 11. The normalized spacial score (nSPS) is 16.3. The Morgan fingerprint density at radius 1 is 0.830 bits per heavy atom. The number of hydrogen-bond acceptors (Lipinski definition) is 6. The third-order valence-electron chi connectivity index (χ3n) is 8.80. The van der Waals surface area contributed by atoms with Crippen LogP contribution in [0, 0.1) is 5.92 Å². The summed E-state index contributed by atoms with van der Waals surface area (Å²) >= 11 is 0. The summed E-state index contributed by atoms with van der Waals surface area (Å²) in [4.78, 5) is 43.3. The molecule has 1 aliphatic rings. The van der Waals surface area contributed by atoms with Crippen molar-refractivity contribution in [2.24, 2.45) is 10.9 Å². The van der Waals surface area contributed by atoms with Crippen molar-refractivity contribution in [3.63, 3.8) is 0 Å². The van der Waals surface area contributed by atoms with Crippen LogP contribution in [-0.2, 0) is 27.5 Å². The van der Waals surface area contributed by atoms with Crippen LogP contribution in [0.5, 0.6) is 0 Å². The molecular formula is C37H46N4O5Si. The highest BCUT2D eigenvalue weighted by atomic mass is 28.3. The quantitative estimate of drug-likeness (QED) is 0.0731. The van der Waals surface area contributed by atoms with Gasteiger partial charge in [-0.3, -0.25) is 20.4 Å². The summed E-state index contributed by atoms with van der Waals surface area (Å²) in [6, 6.07) is 28.6. The van der Waals surface area contributed by atoms with Gasteiger partial charge in [-0.2, -0.15) is 0 Å². The zero-order chi connectivity index (χ0) is 33.9. The SMILES string of the molecule is CC(C)(C)[Si](C)(C)N1C(=O)[C@H](CCCN=C(NC(=O)OCc2ccccc2)NC(=O)OCc2ccccc2)[C@H]1C=Cc1ccccc1. The molecule has 0 bridgehead atoms. The number of nitrogens with one attached hydrogen (secondary N) is 2. The maximum atomic E-state index is 13.6.